The molecule has 0 bridgehead atoms. The summed E-state index contributed by atoms with van der Waals surface area (Å²) in [6.45, 7) is 4.42. The average Bonchev–Trinajstić information content (AvgIpc) is 2.46. The van der Waals surface area contributed by atoms with E-state index in [2.05, 4.69) is 13.8 Å². The van der Waals surface area contributed by atoms with Gasteiger partial charge in [-0.25, -0.2) is 0 Å². The molecule has 0 aliphatic carbocycles. The topological polar surface area (TPSA) is 37.3 Å². The molecule has 0 unspecified atom stereocenters. The molecule has 0 fully saturated rings. The Hall–Kier alpha value is -0.790. The van der Waals surface area contributed by atoms with Crippen LogP contribution in [-0.2, 0) is 4.79 Å². The minimum atomic E-state index is 0.0916. The third-order valence-electron chi connectivity index (χ3n) is 3.89. The summed E-state index contributed by atoms with van der Waals surface area (Å²) in [4.78, 5) is 11.7. The number of ketones is 1. The summed E-state index contributed by atoms with van der Waals surface area (Å²) in [6, 6.07) is 0. The third-order valence-corrected chi connectivity index (χ3v) is 3.89. The van der Waals surface area contributed by atoms with Crippen molar-refractivity contribution < 1.29 is 9.90 Å². The number of hydrogen-bond donors (Lipinski definition) is 1. The van der Waals surface area contributed by atoms with Crippen molar-refractivity contribution in [2.24, 2.45) is 0 Å². The van der Waals surface area contributed by atoms with Gasteiger partial charge in [-0.3, -0.25) is 4.79 Å². The molecule has 0 radical (unpaired) electrons. The van der Waals surface area contributed by atoms with Crippen molar-refractivity contribution in [2.75, 3.05) is 0 Å². The molecule has 21 heavy (non-hydrogen) atoms. The van der Waals surface area contributed by atoms with Gasteiger partial charge in [0.1, 0.15) is 0 Å². The van der Waals surface area contributed by atoms with Gasteiger partial charge in [-0.1, -0.05) is 78.1 Å². The lowest BCUT2D eigenvalue weighted by Gasteiger charge is -2.02. The minimum Gasteiger partial charge on any atom is -0.512 e. The lowest BCUT2D eigenvalue weighted by molar-refractivity contribution is -0.114. The molecule has 2 nitrogen and oxygen atoms in total. The average molecular weight is 296 g/mol. The summed E-state index contributed by atoms with van der Waals surface area (Å²) in [7, 11) is 0. The van der Waals surface area contributed by atoms with Crippen LogP contribution in [-0.4, -0.2) is 10.9 Å². The summed E-state index contributed by atoms with van der Waals surface area (Å²) in [5, 5.41) is 9.74. The largest absolute Gasteiger partial charge is 0.512 e. The molecule has 0 saturated heterocycles. The van der Waals surface area contributed by atoms with Crippen LogP contribution < -0.4 is 0 Å². The SMILES string of the molecule is CCCCCCCCC(=O)C=C(O)CCCCCCCC. The molecule has 2 heteroatoms. The van der Waals surface area contributed by atoms with E-state index in [0.29, 0.717) is 12.8 Å². The molecule has 0 aliphatic rings. The first-order chi connectivity index (χ1) is 10.2. The van der Waals surface area contributed by atoms with Gasteiger partial charge in [-0.15, -0.1) is 0 Å². The van der Waals surface area contributed by atoms with Gasteiger partial charge in [0.25, 0.3) is 0 Å². The first-order valence-corrected chi connectivity index (χ1v) is 9.13. The Morgan fingerprint density at radius 1 is 0.714 bits per heavy atom. The zero-order valence-electron chi connectivity index (χ0n) is 14.3. The lowest BCUT2D eigenvalue weighted by atomic mass is 10.1. The van der Waals surface area contributed by atoms with E-state index >= 15 is 0 Å². The van der Waals surface area contributed by atoms with Crippen molar-refractivity contribution in [3.8, 4) is 0 Å². The van der Waals surface area contributed by atoms with Gasteiger partial charge in [0.2, 0.25) is 0 Å². The Morgan fingerprint density at radius 2 is 1.14 bits per heavy atom. The number of hydrogen-bond acceptors (Lipinski definition) is 2. The van der Waals surface area contributed by atoms with Gasteiger partial charge >= 0.3 is 0 Å². The van der Waals surface area contributed by atoms with Crippen molar-refractivity contribution in [3.63, 3.8) is 0 Å². The number of aliphatic hydroxyl groups is 1. The molecule has 1 N–H and O–H groups in total. The second-order valence-electron chi connectivity index (χ2n) is 6.14. The minimum absolute atomic E-state index is 0.0916. The van der Waals surface area contributed by atoms with E-state index in [-0.39, 0.29) is 11.5 Å². The Bertz CT molecular complexity index is 269. The van der Waals surface area contributed by atoms with Crippen molar-refractivity contribution in [1.82, 2.24) is 0 Å². The van der Waals surface area contributed by atoms with Crippen LogP contribution in [0, 0.1) is 0 Å². The van der Waals surface area contributed by atoms with Gasteiger partial charge in [0, 0.05) is 18.9 Å². The first-order valence-electron chi connectivity index (χ1n) is 9.13. The summed E-state index contributed by atoms with van der Waals surface area (Å²) < 4.78 is 0. The van der Waals surface area contributed by atoms with E-state index in [0.717, 1.165) is 25.7 Å². The van der Waals surface area contributed by atoms with Crippen LogP contribution in [0.25, 0.3) is 0 Å². The van der Waals surface area contributed by atoms with E-state index in [4.69, 9.17) is 0 Å². The molecule has 0 saturated carbocycles. The highest BCUT2D eigenvalue weighted by Gasteiger charge is 2.01. The predicted octanol–water partition coefficient (Wildman–Crippen LogP) is 6.50. The predicted molar refractivity (Wildman–Crippen MR) is 91.7 cm³/mol. The van der Waals surface area contributed by atoms with E-state index in [1.54, 1.807) is 0 Å². The fraction of sp³-hybridized carbons (Fsp3) is 0.842. The number of carbonyl (C=O) groups is 1. The Labute approximate surface area is 132 Å². The maximum atomic E-state index is 11.7. The maximum absolute atomic E-state index is 11.7. The molecule has 0 rings (SSSR count). The highest BCUT2D eigenvalue weighted by atomic mass is 16.3. The maximum Gasteiger partial charge on any atom is 0.159 e. The van der Waals surface area contributed by atoms with Gasteiger partial charge in [-0.2, -0.15) is 0 Å². The summed E-state index contributed by atoms with van der Waals surface area (Å²) in [5.74, 6) is 0.371. The molecule has 124 valence electrons. The molecule has 0 spiro atoms. The fourth-order valence-corrected chi connectivity index (χ4v) is 2.50. The van der Waals surface area contributed by atoms with Crippen molar-refractivity contribution >= 4 is 5.78 Å². The van der Waals surface area contributed by atoms with Crippen LogP contribution in [0.15, 0.2) is 11.8 Å². The molecule has 0 aromatic rings. The normalized spacial score (nSPS) is 11.8. The number of allylic oxidation sites excluding steroid dienone is 2. The van der Waals surface area contributed by atoms with Crippen molar-refractivity contribution in [1.29, 1.82) is 0 Å². The lowest BCUT2D eigenvalue weighted by Crippen LogP contribution is -1.96. The van der Waals surface area contributed by atoms with Gasteiger partial charge < -0.3 is 5.11 Å². The Morgan fingerprint density at radius 3 is 1.67 bits per heavy atom. The fourth-order valence-electron chi connectivity index (χ4n) is 2.50. The molecular weight excluding hydrogens is 260 g/mol. The Balaban J connectivity index is 3.51. The van der Waals surface area contributed by atoms with Crippen LogP contribution >= 0.6 is 0 Å². The summed E-state index contributed by atoms with van der Waals surface area (Å²) in [6.07, 6.45) is 17.1. The molecule has 0 atom stereocenters. The zero-order valence-corrected chi connectivity index (χ0v) is 14.3. The van der Waals surface area contributed by atoms with E-state index in [9.17, 15) is 9.90 Å². The van der Waals surface area contributed by atoms with Gasteiger partial charge in [0.05, 0.1) is 5.76 Å². The van der Waals surface area contributed by atoms with Gasteiger partial charge in [-0.05, 0) is 12.8 Å². The molecular formula is C19H36O2. The number of unbranched alkanes of at least 4 members (excludes halogenated alkanes) is 10. The zero-order chi connectivity index (χ0) is 15.8. The summed E-state index contributed by atoms with van der Waals surface area (Å²) >= 11 is 0. The van der Waals surface area contributed by atoms with Crippen molar-refractivity contribution in [2.45, 2.75) is 104 Å². The molecule has 0 heterocycles. The van der Waals surface area contributed by atoms with E-state index in [1.165, 1.54) is 57.4 Å². The molecule has 0 amide bonds. The Kier molecular flexibility index (Phi) is 15.0. The third kappa shape index (κ3) is 15.4. The molecule has 0 aromatic carbocycles. The second kappa shape index (κ2) is 15.6. The molecule has 0 aromatic heterocycles. The number of rotatable bonds is 15. The van der Waals surface area contributed by atoms with Crippen LogP contribution in [0.5, 0.6) is 0 Å². The standard InChI is InChI=1S/C19H36O2/c1-3-5-7-9-11-13-15-18(20)17-19(21)16-14-12-10-8-6-4-2/h17,20H,3-16H2,1-2H3. The van der Waals surface area contributed by atoms with Crippen LogP contribution in [0.1, 0.15) is 104 Å². The monoisotopic (exact) mass is 296 g/mol. The first kappa shape index (κ1) is 20.2. The van der Waals surface area contributed by atoms with Crippen molar-refractivity contribution in [3.05, 3.63) is 11.8 Å². The van der Waals surface area contributed by atoms with Gasteiger partial charge in [0.15, 0.2) is 5.78 Å². The highest BCUT2D eigenvalue weighted by Crippen LogP contribution is 2.11. The van der Waals surface area contributed by atoms with Crippen LogP contribution in [0.4, 0.5) is 0 Å². The number of aliphatic hydroxyl groups excluding tert-OH is 1. The van der Waals surface area contributed by atoms with E-state index < -0.39 is 0 Å². The quantitative estimate of drug-likeness (QED) is 0.213. The second-order valence-corrected chi connectivity index (χ2v) is 6.14. The summed E-state index contributed by atoms with van der Waals surface area (Å²) in [5.41, 5.74) is 0. The molecule has 0 aliphatic heterocycles. The van der Waals surface area contributed by atoms with Crippen LogP contribution in [0.3, 0.4) is 0 Å². The highest BCUT2D eigenvalue weighted by molar-refractivity contribution is 5.89. The van der Waals surface area contributed by atoms with E-state index in [1.807, 2.05) is 0 Å². The van der Waals surface area contributed by atoms with Crippen LogP contribution in [0.2, 0.25) is 0 Å². The smallest absolute Gasteiger partial charge is 0.159 e. The number of carbonyl (C=O) groups excluding carboxylic acids is 1.